The average molecular weight is 243 g/mol. The Labute approximate surface area is 105 Å². The van der Waals surface area contributed by atoms with E-state index in [1.165, 1.54) is 28.0 Å². The summed E-state index contributed by atoms with van der Waals surface area (Å²) < 4.78 is 0. The summed E-state index contributed by atoms with van der Waals surface area (Å²) in [7, 11) is 2.13. The van der Waals surface area contributed by atoms with Crippen LogP contribution in [-0.4, -0.2) is 18.2 Å². The molecule has 17 heavy (non-hydrogen) atoms. The van der Waals surface area contributed by atoms with Crippen molar-refractivity contribution in [3.8, 4) is 0 Å². The quantitative estimate of drug-likeness (QED) is 0.755. The molecule has 1 aliphatic rings. The van der Waals surface area contributed by atoms with Gasteiger partial charge in [0.15, 0.2) is 6.29 Å². The minimum absolute atomic E-state index is 0.302. The van der Waals surface area contributed by atoms with Crippen LogP contribution in [-0.2, 0) is 6.54 Å². The Morgan fingerprint density at radius 1 is 1.41 bits per heavy atom. The van der Waals surface area contributed by atoms with E-state index in [9.17, 15) is 4.79 Å². The van der Waals surface area contributed by atoms with Crippen LogP contribution in [0.15, 0.2) is 35.7 Å². The van der Waals surface area contributed by atoms with E-state index in [1.54, 1.807) is 0 Å². The van der Waals surface area contributed by atoms with Gasteiger partial charge in [-0.05, 0) is 35.2 Å². The molecule has 0 saturated carbocycles. The average Bonchev–Trinajstić information content (AvgIpc) is 2.91. The molecule has 1 atom stereocenters. The lowest BCUT2D eigenvalue weighted by atomic mass is 10.0. The summed E-state index contributed by atoms with van der Waals surface area (Å²) in [6, 6.07) is 10.8. The van der Waals surface area contributed by atoms with Gasteiger partial charge < -0.3 is 0 Å². The predicted octanol–water partition coefficient (Wildman–Crippen LogP) is 3.10. The van der Waals surface area contributed by atoms with E-state index < -0.39 is 0 Å². The molecule has 0 radical (unpaired) electrons. The number of hydrogen-bond donors (Lipinski definition) is 0. The van der Waals surface area contributed by atoms with Crippen molar-refractivity contribution in [1.82, 2.24) is 4.90 Å². The summed E-state index contributed by atoms with van der Waals surface area (Å²) in [4.78, 5) is 13.9. The van der Waals surface area contributed by atoms with Crippen molar-refractivity contribution in [2.24, 2.45) is 0 Å². The van der Waals surface area contributed by atoms with Crippen LogP contribution in [0.1, 0.15) is 32.4 Å². The molecule has 0 N–H and O–H groups in total. The molecular formula is C14H13NOS. The highest BCUT2D eigenvalue weighted by molar-refractivity contribution is 7.11. The van der Waals surface area contributed by atoms with Crippen molar-refractivity contribution in [2.75, 3.05) is 7.05 Å². The number of rotatable bonds is 2. The number of aldehydes is 1. The second-order valence-electron chi connectivity index (χ2n) is 4.42. The largest absolute Gasteiger partial charge is 0.297 e. The third kappa shape index (κ3) is 1.72. The van der Waals surface area contributed by atoms with Crippen LogP contribution >= 0.6 is 11.3 Å². The van der Waals surface area contributed by atoms with Gasteiger partial charge in [-0.1, -0.05) is 24.3 Å². The van der Waals surface area contributed by atoms with E-state index in [-0.39, 0.29) is 0 Å². The van der Waals surface area contributed by atoms with Gasteiger partial charge in [0.2, 0.25) is 0 Å². The zero-order valence-corrected chi connectivity index (χ0v) is 10.4. The Balaban J connectivity index is 2.05. The molecule has 0 amide bonds. The van der Waals surface area contributed by atoms with Crippen LogP contribution in [0.2, 0.25) is 0 Å². The Kier molecular flexibility index (Phi) is 2.57. The number of fused-ring (bicyclic) bond motifs is 1. The fourth-order valence-corrected chi connectivity index (χ4v) is 3.28. The van der Waals surface area contributed by atoms with Crippen LogP contribution in [0.5, 0.6) is 0 Å². The smallest absolute Gasteiger partial charge is 0.160 e. The Morgan fingerprint density at radius 3 is 3.00 bits per heavy atom. The fourth-order valence-electron chi connectivity index (χ4n) is 2.55. The number of benzene rings is 1. The van der Waals surface area contributed by atoms with Gasteiger partial charge in [-0.25, -0.2) is 0 Å². The molecule has 1 aromatic carbocycles. The van der Waals surface area contributed by atoms with Crippen molar-refractivity contribution >= 4 is 17.6 Å². The predicted molar refractivity (Wildman–Crippen MR) is 69.5 cm³/mol. The Morgan fingerprint density at radius 2 is 2.24 bits per heavy atom. The van der Waals surface area contributed by atoms with Gasteiger partial charge in [0, 0.05) is 6.54 Å². The molecule has 3 rings (SSSR count). The van der Waals surface area contributed by atoms with Crippen molar-refractivity contribution in [2.45, 2.75) is 12.6 Å². The van der Waals surface area contributed by atoms with Crippen LogP contribution in [0.25, 0.3) is 0 Å². The first-order chi connectivity index (χ1) is 8.29. The number of thiophene rings is 1. The molecule has 2 heterocycles. The molecule has 0 spiro atoms. The first-order valence-electron chi connectivity index (χ1n) is 5.61. The topological polar surface area (TPSA) is 20.3 Å². The standard InChI is InChI=1S/C14H13NOS/c1-15-7-10-4-2-3-5-13(10)14(15)11-6-12(8-16)17-9-11/h2-6,8-9,14H,7H2,1H3. The monoisotopic (exact) mass is 243 g/mol. The fraction of sp³-hybridized carbons (Fsp3) is 0.214. The highest BCUT2D eigenvalue weighted by Crippen LogP contribution is 2.38. The van der Waals surface area contributed by atoms with Crippen molar-refractivity contribution in [1.29, 1.82) is 0 Å². The lowest BCUT2D eigenvalue weighted by molar-refractivity contribution is 0.112. The molecule has 0 aliphatic carbocycles. The van der Waals surface area contributed by atoms with E-state index in [0.29, 0.717) is 6.04 Å². The lowest BCUT2D eigenvalue weighted by Gasteiger charge is -2.19. The van der Waals surface area contributed by atoms with Gasteiger partial charge in [0.25, 0.3) is 0 Å². The zero-order chi connectivity index (χ0) is 11.8. The summed E-state index contributed by atoms with van der Waals surface area (Å²) in [5, 5.41) is 2.09. The molecule has 86 valence electrons. The van der Waals surface area contributed by atoms with Crippen molar-refractivity contribution < 1.29 is 4.79 Å². The first-order valence-corrected chi connectivity index (χ1v) is 6.49. The Bertz CT molecular complexity index is 561. The van der Waals surface area contributed by atoms with E-state index >= 15 is 0 Å². The summed E-state index contributed by atoms with van der Waals surface area (Å²) in [5.41, 5.74) is 3.98. The van der Waals surface area contributed by atoms with Crippen LogP contribution < -0.4 is 0 Å². The van der Waals surface area contributed by atoms with Gasteiger partial charge in [0.1, 0.15) is 0 Å². The molecular weight excluding hydrogens is 230 g/mol. The third-order valence-corrected chi connectivity index (χ3v) is 4.16. The number of nitrogens with zero attached hydrogens (tertiary/aromatic N) is 1. The summed E-state index contributed by atoms with van der Waals surface area (Å²) in [6.45, 7) is 0.979. The highest BCUT2D eigenvalue weighted by Gasteiger charge is 2.28. The molecule has 0 saturated heterocycles. The molecule has 0 fully saturated rings. The van der Waals surface area contributed by atoms with Gasteiger partial charge >= 0.3 is 0 Å². The van der Waals surface area contributed by atoms with Crippen molar-refractivity contribution in [3.63, 3.8) is 0 Å². The molecule has 2 nitrogen and oxygen atoms in total. The van der Waals surface area contributed by atoms with Crippen molar-refractivity contribution in [3.05, 3.63) is 57.3 Å². The van der Waals surface area contributed by atoms with Gasteiger partial charge in [-0.2, -0.15) is 0 Å². The van der Waals surface area contributed by atoms with Gasteiger partial charge in [-0.3, -0.25) is 9.69 Å². The maximum atomic E-state index is 10.8. The SMILES string of the molecule is CN1Cc2ccccc2C1c1csc(C=O)c1. The van der Waals surface area contributed by atoms with E-state index in [2.05, 4.69) is 41.6 Å². The lowest BCUT2D eigenvalue weighted by Crippen LogP contribution is -2.16. The van der Waals surface area contributed by atoms with Gasteiger partial charge in [-0.15, -0.1) is 11.3 Å². The number of carbonyl (C=O) groups is 1. The minimum Gasteiger partial charge on any atom is -0.297 e. The van der Waals surface area contributed by atoms with Crippen LogP contribution in [0, 0.1) is 0 Å². The van der Waals surface area contributed by atoms with E-state index in [0.717, 1.165) is 17.7 Å². The summed E-state index contributed by atoms with van der Waals surface area (Å²) in [6.07, 6.45) is 0.926. The summed E-state index contributed by atoms with van der Waals surface area (Å²) >= 11 is 1.52. The molecule has 1 aliphatic heterocycles. The number of hydrogen-bond acceptors (Lipinski definition) is 3. The molecule has 2 aromatic rings. The second kappa shape index (κ2) is 4.09. The van der Waals surface area contributed by atoms with E-state index in [4.69, 9.17) is 0 Å². The van der Waals surface area contributed by atoms with Crippen LogP contribution in [0.4, 0.5) is 0 Å². The molecule has 1 unspecified atom stereocenters. The molecule has 0 bridgehead atoms. The van der Waals surface area contributed by atoms with Crippen LogP contribution in [0.3, 0.4) is 0 Å². The molecule has 1 aromatic heterocycles. The summed E-state index contributed by atoms with van der Waals surface area (Å²) in [5.74, 6) is 0. The second-order valence-corrected chi connectivity index (χ2v) is 5.36. The number of carbonyl (C=O) groups excluding carboxylic acids is 1. The third-order valence-electron chi connectivity index (χ3n) is 3.28. The molecule has 3 heteroatoms. The normalized spacial score (nSPS) is 19.2. The zero-order valence-electron chi connectivity index (χ0n) is 9.59. The maximum absolute atomic E-state index is 10.8. The highest BCUT2D eigenvalue weighted by atomic mass is 32.1. The van der Waals surface area contributed by atoms with E-state index in [1.807, 2.05) is 6.07 Å². The first kappa shape index (κ1) is 10.7. The maximum Gasteiger partial charge on any atom is 0.160 e. The minimum atomic E-state index is 0.302. The Hall–Kier alpha value is -1.45. The van der Waals surface area contributed by atoms with Gasteiger partial charge in [0.05, 0.1) is 10.9 Å².